The second kappa shape index (κ2) is 8.72. The van der Waals surface area contributed by atoms with Gasteiger partial charge in [-0.25, -0.2) is 0 Å². The highest BCUT2D eigenvalue weighted by molar-refractivity contribution is 9.10. The lowest BCUT2D eigenvalue weighted by Crippen LogP contribution is -2.30. The Hall–Kier alpha value is -1.85. The molecular formula is C25H21BrClNOS. The van der Waals surface area contributed by atoms with Crippen LogP contribution in [0, 0.1) is 0 Å². The summed E-state index contributed by atoms with van der Waals surface area (Å²) in [4.78, 5) is 3.84. The summed E-state index contributed by atoms with van der Waals surface area (Å²) in [6.07, 6.45) is 1.11. The van der Waals surface area contributed by atoms with Crippen LogP contribution in [0.3, 0.4) is 0 Å². The van der Waals surface area contributed by atoms with E-state index < -0.39 is 0 Å². The number of hydrogen-bond acceptors (Lipinski definition) is 3. The van der Waals surface area contributed by atoms with E-state index in [-0.39, 0.29) is 0 Å². The van der Waals surface area contributed by atoms with Crippen LogP contribution in [0.5, 0.6) is 5.75 Å². The highest BCUT2D eigenvalue weighted by Gasteiger charge is 2.20. The van der Waals surface area contributed by atoms with Crippen LogP contribution in [0.25, 0.3) is 10.1 Å². The number of hydrogen-bond donors (Lipinski definition) is 0. The standard InChI is InChI=1S/C25H21BrClNOS/c26-19-5-10-24-22(13-19)23(15-28-12-11-17-3-1-2-4-18(17)14-28)25(30-24)16-29-21-8-6-20(27)7-9-21/h1-10,13H,11-12,14-16H2. The Balaban J connectivity index is 1.43. The summed E-state index contributed by atoms with van der Waals surface area (Å²) in [6, 6.07) is 22.9. The van der Waals surface area contributed by atoms with Gasteiger partial charge in [-0.15, -0.1) is 11.3 Å². The maximum Gasteiger partial charge on any atom is 0.123 e. The monoisotopic (exact) mass is 497 g/mol. The first-order chi connectivity index (χ1) is 14.7. The van der Waals surface area contributed by atoms with Crippen molar-refractivity contribution in [3.05, 3.63) is 97.8 Å². The van der Waals surface area contributed by atoms with Crippen molar-refractivity contribution in [1.29, 1.82) is 0 Å². The van der Waals surface area contributed by atoms with E-state index in [1.54, 1.807) is 0 Å². The summed E-state index contributed by atoms with van der Waals surface area (Å²) in [5, 5.41) is 2.04. The second-order valence-corrected chi connectivity index (χ2v) is 10.1. The Kier molecular flexibility index (Phi) is 5.83. The molecule has 1 aromatic heterocycles. The van der Waals surface area contributed by atoms with Gasteiger partial charge in [0.2, 0.25) is 0 Å². The predicted molar refractivity (Wildman–Crippen MR) is 130 cm³/mol. The van der Waals surface area contributed by atoms with Crippen molar-refractivity contribution in [2.24, 2.45) is 0 Å². The van der Waals surface area contributed by atoms with Crippen LogP contribution in [0.15, 0.2) is 71.2 Å². The minimum absolute atomic E-state index is 0.568. The number of rotatable bonds is 5. The zero-order chi connectivity index (χ0) is 20.5. The van der Waals surface area contributed by atoms with Crippen LogP contribution < -0.4 is 4.74 Å². The molecule has 2 nitrogen and oxygen atoms in total. The number of nitrogens with zero attached hydrogens (tertiary/aromatic N) is 1. The topological polar surface area (TPSA) is 12.5 Å². The smallest absolute Gasteiger partial charge is 0.123 e. The van der Waals surface area contributed by atoms with E-state index in [9.17, 15) is 0 Å². The van der Waals surface area contributed by atoms with Crippen LogP contribution in [-0.4, -0.2) is 11.4 Å². The molecule has 30 heavy (non-hydrogen) atoms. The summed E-state index contributed by atoms with van der Waals surface area (Å²) < 4.78 is 8.53. The van der Waals surface area contributed by atoms with Crippen LogP contribution in [0.4, 0.5) is 0 Å². The molecule has 0 N–H and O–H groups in total. The van der Waals surface area contributed by atoms with E-state index in [2.05, 4.69) is 63.3 Å². The summed E-state index contributed by atoms with van der Waals surface area (Å²) in [6.45, 7) is 3.58. The van der Waals surface area contributed by atoms with Crippen molar-refractivity contribution in [1.82, 2.24) is 4.90 Å². The van der Waals surface area contributed by atoms with Gasteiger partial charge in [-0.2, -0.15) is 0 Å². The molecule has 1 aliphatic heterocycles. The SMILES string of the molecule is Clc1ccc(OCc2sc3ccc(Br)cc3c2CN2CCc3ccccc3C2)cc1. The maximum atomic E-state index is 6.11. The fourth-order valence-corrected chi connectivity index (χ4v) is 5.65. The first kappa shape index (κ1) is 20.1. The largest absolute Gasteiger partial charge is 0.488 e. The van der Waals surface area contributed by atoms with Crippen LogP contribution in [0.1, 0.15) is 21.6 Å². The Morgan fingerprint density at radius 1 is 1.00 bits per heavy atom. The lowest BCUT2D eigenvalue weighted by atomic mass is 9.99. The molecule has 4 aromatic rings. The van der Waals surface area contributed by atoms with Crippen molar-refractivity contribution < 1.29 is 4.74 Å². The van der Waals surface area contributed by atoms with Gasteiger partial charge in [-0.1, -0.05) is 51.8 Å². The summed E-state index contributed by atoms with van der Waals surface area (Å²) in [5.41, 5.74) is 4.31. The molecule has 1 aliphatic rings. The Bertz CT molecular complexity index is 1190. The van der Waals surface area contributed by atoms with Crippen molar-refractivity contribution in [3.8, 4) is 5.75 Å². The van der Waals surface area contributed by atoms with E-state index in [4.69, 9.17) is 16.3 Å². The summed E-state index contributed by atoms with van der Waals surface area (Å²) in [7, 11) is 0. The van der Waals surface area contributed by atoms with Crippen molar-refractivity contribution in [2.75, 3.05) is 6.54 Å². The van der Waals surface area contributed by atoms with E-state index in [1.165, 1.54) is 31.7 Å². The van der Waals surface area contributed by atoms with Gasteiger partial charge in [0.1, 0.15) is 12.4 Å². The van der Waals surface area contributed by atoms with Crippen LogP contribution >= 0.6 is 38.9 Å². The highest BCUT2D eigenvalue weighted by atomic mass is 79.9. The average Bonchev–Trinajstić information content (AvgIpc) is 3.10. The van der Waals surface area contributed by atoms with Gasteiger partial charge >= 0.3 is 0 Å². The van der Waals surface area contributed by atoms with Crippen molar-refractivity contribution in [2.45, 2.75) is 26.1 Å². The third-order valence-corrected chi connectivity index (χ3v) is 7.54. The van der Waals surface area contributed by atoms with Gasteiger partial charge < -0.3 is 4.74 Å². The van der Waals surface area contributed by atoms with E-state index in [1.807, 2.05) is 35.6 Å². The number of thiophene rings is 1. The lowest BCUT2D eigenvalue weighted by molar-refractivity contribution is 0.243. The van der Waals surface area contributed by atoms with Crippen molar-refractivity contribution >= 4 is 49.0 Å². The summed E-state index contributed by atoms with van der Waals surface area (Å²) >= 11 is 11.5. The van der Waals surface area contributed by atoms with Gasteiger partial charge in [0.25, 0.3) is 0 Å². The summed E-state index contributed by atoms with van der Waals surface area (Å²) in [5.74, 6) is 0.843. The number of fused-ring (bicyclic) bond motifs is 2. The second-order valence-electron chi connectivity index (χ2n) is 7.62. The molecule has 0 fully saturated rings. The molecular weight excluding hydrogens is 478 g/mol. The maximum absolute atomic E-state index is 6.11. The fourth-order valence-electron chi connectivity index (χ4n) is 4.05. The third kappa shape index (κ3) is 4.28. The minimum Gasteiger partial charge on any atom is -0.488 e. The average molecular weight is 499 g/mol. The molecule has 3 aromatic carbocycles. The molecule has 0 unspecified atom stereocenters. The zero-order valence-electron chi connectivity index (χ0n) is 16.4. The molecule has 0 saturated carbocycles. The third-order valence-electron chi connectivity index (χ3n) is 5.61. The Morgan fingerprint density at radius 2 is 1.80 bits per heavy atom. The molecule has 0 aliphatic carbocycles. The number of halogens is 2. The number of ether oxygens (including phenoxy) is 1. The van der Waals surface area contributed by atoms with Crippen LogP contribution in [0.2, 0.25) is 5.02 Å². The highest BCUT2D eigenvalue weighted by Crippen LogP contribution is 2.36. The van der Waals surface area contributed by atoms with E-state index in [0.717, 1.165) is 41.3 Å². The van der Waals surface area contributed by atoms with Gasteiger partial charge in [-0.3, -0.25) is 4.90 Å². The molecule has 0 amide bonds. The van der Waals surface area contributed by atoms with Gasteiger partial charge in [0, 0.05) is 38.7 Å². The molecule has 152 valence electrons. The molecule has 0 bridgehead atoms. The first-order valence-electron chi connectivity index (χ1n) is 10.0. The Morgan fingerprint density at radius 3 is 2.63 bits per heavy atom. The zero-order valence-corrected chi connectivity index (χ0v) is 19.6. The normalized spacial score (nSPS) is 14.1. The van der Waals surface area contributed by atoms with Crippen molar-refractivity contribution in [3.63, 3.8) is 0 Å². The van der Waals surface area contributed by atoms with E-state index >= 15 is 0 Å². The fraction of sp³-hybridized carbons (Fsp3) is 0.200. The van der Waals surface area contributed by atoms with Gasteiger partial charge in [0.15, 0.2) is 0 Å². The molecule has 0 spiro atoms. The van der Waals surface area contributed by atoms with Gasteiger partial charge in [0.05, 0.1) is 0 Å². The lowest BCUT2D eigenvalue weighted by Gasteiger charge is -2.29. The molecule has 0 atom stereocenters. The minimum atomic E-state index is 0.568. The molecule has 0 radical (unpaired) electrons. The number of benzene rings is 3. The molecule has 0 saturated heterocycles. The quantitative estimate of drug-likeness (QED) is 0.283. The van der Waals surface area contributed by atoms with Crippen LogP contribution in [-0.2, 0) is 26.1 Å². The predicted octanol–water partition coefficient (Wildman–Crippen LogP) is 7.45. The first-order valence-corrected chi connectivity index (χ1v) is 12.0. The Labute approximate surface area is 194 Å². The molecule has 5 heteroatoms. The molecule has 2 heterocycles. The van der Waals surface area contributed by atoms with Gasteiger partial charge in [-0.05, 0) is 71.0 Å². The molecule has 5 rings (SSSR count). The van der Waals surface area contributed by atoms with E-state index in [0.29, 0.717) is 6.61 Å².